The quantitative estimate of drug-likeness (QED) is 0.878. The molecule has 0 saturated heterocycles. The van der Waals surface area contributed by atoms with Gasteiger partial charge in [-0.1, -0.05) is 6.42 Å². The Hall–Kier alpha value is -2.77. The Bertz CT molecular complexity index is 741. The Labute approximate surface area is 131 Å². The van der Waals surface area contributed by atoms with Gasteiger partial charge in [-0.15, -0.1) is 0 Å². The van der Waals surface area contributed by atoms with Crippen molar-refractivity contribution in [1.29, 1.82) is 0 Å². The first kappa shape index (κ1) is 15.1. The van der Waals surface area contributed by atoms with Gasteiger partial charge in [-0.3, -0.25) is 9.59 Å². The summed E-state index contributed by atoms with van der Waals surface area (Å²) in [7, 11) is 0. The molecule has 1 saturated carbocycles. The lowest BCUT2D eigenvalue weighted by Gasteiger charge is -2.36. The number of amides is 1. The van der Waals surface area contributed by atoms with Crippen LogP contribution in [0.15, 0.2) is 30.9 Å². The molecule has 1 amide bonds. The van der Waals surface area contributed by atoms with Crippen molar-refractivity contribution in [3.05, 3.63) is 36.7 Å². The number of nitrogens with one attached hydrogen (secondary N) is 1. The predicted molar refractivity (Wildman–Crippen MR) is 78.5 cm³/mol. The van der Waals surface area contributed by atoms with Crippen LogP contribution in [0.25, 0.3) is 5.69 Å². The maximum atomic E-state index is 14.1. The zero-order valence-electron chi connectivity index (χ0n) is 12.2. The molecule has 2 aromatic rings. The lowest BCUT2D eigenvalue weighted by Crippen LogP contribution is -2.41. The van der Waals surface area contributed by atoms with Crippen molar-refractivity contribution in [1.82, 2.24) is 14.8 Å². The maximum absolute atomic E-state index is 14.1. The second-order valence-corrected chi connectivity index (χ2v) is 5.67. The largest absolute Gasteiger partial charge is 0.481 e. The lowest BCUT2D eigenvalue weighted by atomic mass is 9.66. The topological polar surface area (TPSA) is 97.1 Å². The van der Waals surface area contributed by atoms with Gasteiger partial charge in [-0.25, -0.2) is 14.1 Å². The molecule has 0 atom stereocenters. The Morgan fingerprint density at radius 2 is 2.17 bits per heavy atom. The molecule has 3 rings (SSSR count). The molecule has 1 aromatic carbocycles. The van der Waals surface area contributed by atoms with E-state index in [4.69, 9.17) is 0 Å². The molecule has 7 nitrogen and oxygen atoms in total. The molecule has 1 heterocycles. The third-order valence-electron chi connectivity index (χ3n) is 4.16. The summed E-state index contributed by atoms with van der Waals surface area (Å²) in [5, 5.41) is 15.6. The van der Waals surface area contributed by atoms with Crippen LogP contribution < -0.4 is 5.32 Å². The SMILES string of the molecule is O=C(CC1(C(=O)O)CCC1)Nc1ccc(-n2cncn2)c(F)c1. The van der Waals surface area contributed by atoms with E-state index in [0.29, 0.717) is 12.8 Å². The van der Waals surface area contributed by atoms with E-state index in [2.05, 4.69) is 15.4 Å². The van der Waals surface area contributed by atoms with Gasteiger partial charge in [-0.05, 0) is 31.0 Å². The maximum Gasteiger partial charge on any atom is 0.310 e. The van der Waals surface area contributed by atoms with Gasteiger partial charge in [0.1, 0.15) is 18.3 Å². The fourth-order valence-corrected chi connectivity index (χ4v) is 2.69. The number of benzene rings is 1. The Morgan fingerprint density at radius 1 is 1.39 bits per heavy atom. The van der Waals surface area contributed by atoms with Gasteiger partial charge in [0.15, 0.2) is 5.82 Å². The summed E-state index contributed by atoms with van der Waals surface area (Å²) in [6, 6.07) is 4.17. The van der Waals surface area contributed by atoms with Crippen molar-refractivity contribution >= 4 is 17.6 Å². The van der Waals surface area contributed by atoms with Crippen molar-refractivity contribution in [3.8, 4) is 5.69 Å². The first-order valence-electron chi connectivity index (χ1n) is 7.18. The average Bonchev–Trinajstić information content (AvgIpc) is 2.96. The third kappa shape index (κ3) is 2.92. The molecule has 1 aliphatic rings. The molecule has 0 unspecified atom stereocenters. The number of anilines is 1. The van der Waals surface area contributed by atoms with Gasteiger partial charge in [0, 0.05) is 12.1 Å². The second-order valence-electron chi connectivity index (χ2n) is 5.67. The van der Waals surface area contributed by atoms with Crippen molar-refractivity contribution in [2.45, 2.75) is 25.7 Å². The molecule has 1 aromatic heterocycles. The van der Waals surface area contributed by atoms with Gasteiger partial charge in [0.25, 0.3) is 0 Å². The molecule has 0 aliphatic heterocycles. The van der Waals surface area contributed by atoms with Gasteiger partial charge < -0.3 is 10.4 Å². The third-order valence-corrected chi connectivity index (χ3v) is 4.16. The Kier molecular flexibility index (Phi) is 3.81. The fourth-order valence-electron chi connectivity index (χ4n) is 2.69. The summed E-state index contributed by atoms with van der Waals surface area (Å²) in [6.07, 6.45) is 4.35. The first-order valence-corrected chi connectivity index (χ1v) is 7.18. The minimum absolute atomic E-state index is 0.102. The van der Waals surface area contributed by atoms with Crippen LogP contribution in [-0.4, -0.2) is 31.7 Å². The highest BCUT2D eigenvalue weighted by Gasteiger charge is 2.45. The summed E-state index contributed by atoms with van der Waals surface area (Å²) in [5.74, 6) is -1.95. The molecule has 8 heteroatoms. The highest BCUT2D eigenvalue weighted by molar-refractivity contribution is 5.94. The summed E-state index contributed by atoms with van der Waals surface area (Å²) >= 11 is 0. The molecule has 1 aliphatic carbocycles. The summed E-state index contributed by atoms with van der Waals surface area (Å²) < 4.78 is 15.3. The minimum Gasteiger partial charge on any atom is -0.481 e. The second kappa shape index (κ2) is 5.79. The molecule has 2 N–H and O–H groups in total. The van der Waals surface area contributed by atoms with E-state index in [0.717, 1.165) is 6.42 Å². The van der Waals surface area contributed by atoms with E-state index in [1.165, 1.54) is 35.5 Å². The number of rotatable bonds is 5. The number of nitrogens with zero attached hydrogens (tertiary/aromatic N) is 3. The van der Waals surface area contributed by atoms with Gasteiger partial charge in [0.2, 0.25) is 5.91 Å². The summed E-state index contributed by atoms with van der Waals surface area (Å²) in [4.78, 5) is 27.0. The normalized spacial score (nSPS) is 15.7. The van der Waals surface area contributed by atoms with E-state index in [9.17, 15) is 19.1 Å². The van der Waals surface area contributed by atoms with Crippen LogP contribution in [0.4, 0.5) is 10.1 Å². The van der Waals surface area contributed by atoms with E-state index in [-0.39, 0.29) is 17.8 Å². The van der Waals surface area contributed by atoms with E-state index in [1.54, 1.807) is 0 Å². The van der Waals surface area contributed by atoms with E-state index >= 15 is 0 Å². The predicted octanol–water partition coefficient (Wildman–Crippen LogP) is 1.99. The molecule has 120 valence electrons. The smallest absolute Gasteiger partial charge is 0.310 e. The number of carbonyl (C=O) groups is 2. The number of hydrogen-bond acceptors (Lipinski definition) is 4. The monoisotopic (exact) mass is 318 g/mol. The Morgan fingerprint density at radius 3 is 2.70 bits per heavy atom. The van der Waals surface area contributed by atoms with Crippen molar-refractivity contribution < 1.29 is 19.1 Å². The summed E-state index contributed by atoms with van der Waals surface area (Å²) in [5.41, 5.74) is -0.485. The van der Waals surface area contributed by atoms with Crippen LogP contribution in [0, 0.1) is 11.2 Å². The molecule has 0 spiro atoms. The van der Waals surface area contributed by atoms with Crippen LogP contribution in [0.3, 0.4) is 0 Å². The zero-order chi connectivity index (χ0) is 16.4. The minimum atomic E-state index is -0.969. The van der Waals surface area contributed by atoms with E-state index < -0.39 is 23.1 Å². The number of carboxylic acid groups (broad SMARTS) is 1. The molecule has 23 heavy (non-hydrogen) atoms. The highest BCUT2D eigenvalue weighted by atomic mass is 19.1. The Balaban J connectivity index is 1.70. The van der Waals surface area contributed by atoms with Gasteiger partial charge in [-0.2, -0.15) is 5.10 Å². The fraction of sp³-hybridized carbons (Fsp3) is 0.333. The van der Waals surface area contributed by atoms with Gasteiger partial charge in [0.05, 0.1) is 5.41 Å². The number of aromatic nitrogens is 3. The van der Waals surface area contributed by atoms with Crippen LogP contribution >= 0.6 is 0 Å². The molecule has 0 radical (unpaired) electrons. The average molecular weight is 318 g/mol. The number of aliphatic carboxylic acids is 1. The van der Waals surface area contributed by atoms with Crippen molar-refractivity contribution in [2.24, 2.45) is 5.41 Å². The van der Waals surface area contributed by atoms with Crippen molar-refractivity contribution in [2.75, 3.05) is 5.32 Å². The number of hydrogen-bond donors (Lipinski definition) is 2. The number of halogens is 1. The van der Waals surface area contributed by atoms with Crippen LogP contribution in [-0.2, 0) is 9.59 Å². The molecule has 0 bridgehead atoms. The van der Waals surface area contributed by atoms with Crippen LogP contribution in [0.5, 0.6) is 0 Å². The van der Waals surface area contributed by atoms with Crippen LogP contribution in [0.2, 0.25) is 0 Å². The molecule has 1 fully saturated rings. The number of carbonyl (C=O) groups excluding carboxylic acids is 1. The van der Waals surface area contributed by atoms with Crippen molar-refractivity contribution in [3.63, 3.8) is 0 Å². The van der Waals surface area contributed by atoms with Crippen LogP contribution in [0.1, 0.15) is 25.7 Å². The molecular formula is C15H15FN4O3. The standard InChI is InChI=1S/C15H15FN4O3/c16-11-6-10(2-3-12(11)20-9-17-8-18-20)19-13(21)7-15(14(22)23)4-1-5-15/h2-3,6,8-9H,1,4-5,7H2,(H,19,21)(H,22,23). The summed E-state index contributed by atoms with van der Waals surface area (Å²) in [6.45, 7) is 0. The zero-order valence-corrected chi connectivity index (χ0v) is 12.2. The van der Waals surface area contributed by atoms with E-state index in [1.807, 2.05) is 0 Å². The lowest BCUT2D eigenvalue weighted by molar-refractivity contribution is -0.157. The highest BCUT2D eigenvalue weighted by Crippen LogP contribution is 2.44. The molecular weight excluding hydrogens is 303 g/mol. The first-order chi connectivity index (χ1) is 11.0. The number of carboxylic acids is 1. The van der Waals surface area contributed by atoms with Gasteiger partial charge >= 0.3 is 5.97 Å².